The van der Waals surface area contributed by atoms with E-state index in [1.807, 2.05) is 0 Å². The van der Waals surface area contributed by atoms with Gasteiger partial charge in [-0.15, -0.1) is 11.8 Å². The van der Waals surface area contributed by atoms with Crippen molar-refractivity contribution in [3.63, 3.8) is 0 Å². The molecule has 2 aliphatic rings. The minimum atomic E-state index is -0.990. The smallest absolute Gasteiger partial charge is 0.327 e. The van der Waals surface area contributed by atoms with Gasteiger partial charge in [-0.05, 0) is 6.92 Å². The predicted octanol–water partition coefficient (Wildman–Crippen LogP) is -0.440. The maximum absolute atomic E-state index is 11.4. The number of nitrogens with zero attached hydrogens (tertiary/aromatic N) is 1. The van der Waals surface area contributed by atoms with E-state index in [0.29, 0.717) is 5.75 Å². The number of Topliss-reactive ketones (excluding diaryl/α,β-unsaturated/α-hetero) is 1. The molecule has 0 bridgehead atoms. The van der Waals surface area contributed by atoms with E-state index in [1.165, 1.54) is 23.6 Å². The SMILES string of the molecule is CC(=O)C1C(=O)N2C(C(=O)O)CSC12. The number of rotatable bonds is 2. The molecule has 2 saturated heterocycles. The lowest BCUT2D eigenvalue weighted by atomic mass is 9.93. The number of fused-ring (bicyclic) bond motifs is 1. The molecule has 0 aromatic carbocycles. The van der Waals surface area contributed by atoms with E-state index in [1.54, 1.807) is 0 Å². The van der Waals surface area contributed by atoms with Crippen molar-refractivity contribution < 1.29 is 19.5 Å². The highest BCUT2D eigenvalue weighted by atomic mass is 32.2. The Labute approximate surface area is 84.4 Å². The van der Waals surface area contributed by atoms with E-state index in [4.69, 9.17) is 5.11 Å². The molecule has 76 valence electrons. The summed E-state index contributed by atoms with van der Waals surface area (Å²) in [6.45, 7) is 1.37. The zero-order chi connectivity index (χ0) is 10.5. The van der Waals surface area contributed by atoms with E-state index in [2.05, 4.69) is 0 Å². The van der Waals surface area contributed by atoms with Crippen LogP contribution >= 0.6 is 11.8 Å². The van der Waals surface area contributed by atoms with Gasteiger partial charge in [0, 0.05) is 5.75 Å². The quantitative estimate of drug-likeness (QED) is 0.499. The Balaban J connectivity index is 2.17. The molecule has 0 spiro atoms. The van der Waals surface area contributed by atoms with Crippen LogP contribution < -0.4 is 0 Å². The predicted molar refractivity (Wildman–Crippen MR) is 48.7 cm³/mol. The lowest BCUT2D eigenvalue weighted by Gasteiger charge is -2.41. The van der Waals surface area contributed by atoms with Crippen molar-refractivity contribution >= 4 is 29.4 Å². The minimum Gasteiger partial charge on any atom is -0.480 e. The number of thioether (sulfide) groups is 1. The molecule has 1 N–H and O–H groups in total. The third-order valence-corrected chi connectivity index (χ3v) is 3.91. The molecule has 1 amide bonds. The summed E-state index contributed by atoms with van der Waals surface area (Å²) in [4.78, 5) is 34.5. The van der Waals surface area contributed by atoms with E-state index >= 15 is 0 Å². The average molecular weight is 215 g/mol. The molecule has 2 aliphatic heterocycles. The lowest BCUT2D eigenvalue weighted by molar-refractivity contribution is -0.164. The van der Waals surface area contributed by atoms with Gasteiger partial charge >= 0.3 is 5.97 Å². The van der Waals surface area contributed by atoms with Gasteiger partial charge in [-0.2, -0.15) is 0 Å². The van der Waals surface area contributed by atoms with Crippen LogP contribution in [0.25, 0.3) is 0 Å². The summed E-state index contributed by atoms with van der Waals surface area (Å²) in [6, 6.07) is -0.742. The highest BCUT2D eigenvalue weighted by Gasteiger charge is 2.58. The molecule has 6 heteroatoms. The van der Waals surface area contributed by atoms with Gasteiger partial charge < -0.3 is 10.0 Å². The van der Waals surface area contributed by atoms with E-state index in [0.717, 1.165) is 0 Å². The van der Waals surface area contributed by atoms with Crippen molar-refractivity contribution in [1.29, 1.82) is 0 Å². The summed E-state index contributed by atoms with van der Waals surface area (Å²) in [5.74, 6) is -1.72. The molecule has 14 heavy (non-hydrogen) atoms. The zero-order valence-corrected chi connectivity index (χ0v) is 8.28. The van der Waals surface area contributed by atoms with Gasteiger partial charge in [0.1, 0.15) is 17.7 Å². The van der Waals surface area contributed by atoms with Gasteiger partial charge in [0.05, 0.1) is 5.37 Å². The Morgan fingerprint density at radius 1 is 1.57 bits per heavy atom. The molecular formula is C8H9NO4S. The summed E-state index contributed by atoms with van der Waals surface area (Å²) < 4.78 is 0. The second-order valence-corrected chi connectivity index (χ2v) is 4.56. The number of ketones is 1. The maximum Gasteiger partial charge on any atom is 0.327 e. The maximum atomic E-state index is 11.4. The largest absolute Gasteiger partial charge is 0.480 e. The average Bonchev–Trinajstić information content (AvgIpc) is 2.42. The molecular weight excluding hydrogens is 206 g/mol. The zero-order valence-electron chi connectivity index (χ0n) is 7.47. The fourth-order valence-corrected chi connectivity index (χ4v) is 3.42. The topological polar surface area (TPSA) is 74.7 Å². The number of carbonyl (C=O) groups is 3. The molecule has 0 radical (unpaired) electrons. The number of carboxylic acids is 1. The fourth-order valence-electron chi connectivity index (χ4n) is 1.83. The van der Waals surface area contributed by atoms with Crippen LogP contribution in [0.2, 0.25) is 0 Å². The molecule has 0 aromatic rings. The molecule has 2 heterocycles. The standard InChI is InChI=1S/C8H9NO4S/c1-3(10)5-6(11)9-4(8(12)13)2-14-7(5)9/h4-5,7H,2H2,1H3,(H,12,13). The molecule has 2 rings (SSSR count). The Morgan fingerprint density at radius 2 is 2.21 bits per heavy atom. The number of carboxylic acid groups (broad SMARTS) is 1. The van der Waals surface area contributed by atoms with Gasteiger partial charge in [-0.1, -0.05) is 0 Å². The minimum absolute atomic E-state index is 0.171. The van der Waals surface area contributed by atoms with Crippen LogP contribution in [-0.2, 0) is 14.4 Å². The van der Waals surface area contributed by atoms with Crippen molar-refractivity contribution in [2.75, 3.05) is 5.75 Å². The van der Waals surface area contributed by atoms with E-state index < -0.39 is 17.9 Å². The van der Waals surface area contributed by atoms with Crippen molar-refractivity contribution in [2.24, 2.45) is 5.92 Å². The van der Waals surface area contributed by atoms with Crippen molar-refractivity contribution in [1.82, 2.24) is 4.90 Å². The Kier molecular flexibility index (Phi) is 2.02. The Bertz CT molecular complexity index is 329. The summed E-state index contributed by atoms with van der Waals surface area (Å²) in [6.07, 6.45) is 0. The number of β-lactam (4-membered cyclic amide) rings is 1. The van der Waals surface area contributed by atoms with Crippen LogP contribution in [0.5, 0.6) is 0 Å². The summed E-state index contributed by atoms with van der Waals surface area (Å²) >= 11 is 1.37. The van der Waals surface area contributed by atoms with Crippen molar-refractivity contribution in [3.05, 3.63) is 0 Å². The first-order chi connectivity index (χ1) is 6.54. The monoisotopic (exact) mass is 215 g/mol. The number of amides is 1. The summed E-state index contributed by atoms with van der Waals surface area (Å²) in [5.41, 5.74) is 0. The number of hydrogen-bond acceptors (Lipinski definition) is 4. The molecule has 0 aromatic heterocycles. The second-order valence-electron chi connectivity index (χ2n) is 3.41. The first kappa shape index (κ1) is 9.51. The van der Waals surface area contributed by atoms with Crippen LogP contribution in [0.3, 0.4) is 0 Å². The lowest BCUT2D eigenvalue weighted by Crippen LogP contribution is -2.63. The second kappa shape index (κ2) is 2.98. The van der Waals surface area contributed by atoms with Crippen LogP contribution in [-0.4, -0.2) is 44.8 Å². The summed E-state index contributed by atoms with van der Waals surface area (Å²) in [5, 5.41) is 8.55. The van der Waals surface area contributed by atoms with Gasteiger partial charge in [-0.25, -0.2) is 4.79 Å². The Morgan fingerprint density at radius 3 is 2.71 bits per heavy atom. The van der Waals surface area contributed by atoms with Crippen LogP contribution in [0.1, 0.15) is 6.92 Å². The molecule has 5 nitrogen and oxygen atoms in total. The normalized spacial score (nSPS) is 35.1. The fraction of sp³-hybridized carbons (Fsp3) is 0.625. The summed E-state index contributed by atoms with van der Waals surface area (Å²) in [7, 11) is 0. The van der Waals surface area contributed by atoms with Gasteiger partial charge in [0.2, 0.25) is 5.91 Å². The van der Waals surface area contributed by atoms with Crippen LogP contribution in [0.4, 0.5) is 0 Å². The highest BCUT2D eigenvalue weighted by molar-refractivity contribution is 8.00. The molecule has 2 fully saturated rings. The Hall–Kier alpha value is -1.04. The van der Waals surface area contributed by atoms with Crippen LogP contribution in [0, 0.1) is 5.92 Å². The first-order valence-electron chi connectivity index (χ1n) is 4.21. The molecule has 0 aliphatic carbocycles. The van der Waals surface area contributed by atoms with Crippen LogP contribution in [0.15, 0.2) is 0 Å². The molecule has 3 unspecified atom stereocenters. The van der Waals surface area contributed by atoms with Gasteiger partial charge in [0.25, 0.3) is 0 Å². The molecule has 3 atom stereocenters. The number of carbonyl (C=O) groups excluding carboxylic acids is 2. The third-order valence-electron chi connectivity index (χ3n) is 2.56. The van der Waals surface area contributed by atoms with Gasteiger partial charge in [-0.3, -0.25) is 9.59 Å². The van der Waals surface area contributed by atoms with Crippen molar-refractivity contribution in [3.8, 4) is 0 Å². The number of aliphatic carboxylic acids is 1. The van der Waals surface area contributed by atoms with E-state index in [9.17, 15) is 14.4 Å². The van der Waals surface area contributed by atoms with Gasteiger partial charge in [0.15, 0.2) is 0 Å². The van der Waals surface area contributed by atoms with E-state index in [-0.39, 0.29) is 17.1 Å². The molecule has 0 saturated carbocycles. The third kappa shape index (κ3) is 1.06. The first-order valence-corrected chi connectivity index (χ1v) is 5.26. The van der Waals surface area contributed by atoms with Crippen molar-refractivity contribution in [2.45, 2.75) is 18.3 Å². The highest BCUT2D eigenvalue weighted by Crippen LogP contribution is 2.43. The number of hydrogen-bond donors (Lipinski definition) is 1.